The third-order valence-corrected chi connectivity index (χ3v) is 2.36. The van der Waals surface area contributed by atoms with Gasteiger partial charge in [-0.05, 0) is 13.8 Å². The Balaban J connectivity index is 1.95. The molecule has 0 atom stereocenters. The predicted molar refractivity (Wildman–Crippen MR) is 63.4 cm³/mol. The Morgan fingerprint density at radius 2 is 2.39 bits per heavy atom. The number of carbonyl (C=O) groups is 1. The number of hydrogen-bond acceptors (Lipinski definition) is 5. The van der Waals surface area contributed by atoms with E-state index in [2.05, 4.69) is 15.6 Å². The number of nitrogens with zero attached hydrogens (tertiary/aromatic N) is 3. The van der Waals surface area contributed by atoms with Crippen molar-refractivity contribution in [3.8, 4) is 0 Å². The van der Waals surface area contributed by atoms with Gasteiger partial charge in [-0.1, -0.05) is 5.16 Å². The standard InChI is InChI=1S/C11H14N4O3/c1-7(2)15-4-3-10(13-15)12-6-8-5-9(11(16)17)14-18-8/h3-5,7H,6H2,1-2H3,(H,12,13)(H,16,17). The second-order valence-corrected chi connectivity index (χ2v) is 4.11. The number of anilines is 1. The van der Waals surface area contributed by atoms with Crippen molar-refractivity contribution in [3.05, 3.63) is 29.8 Å². The van der Waals surface area contributed by atoms with Gasteiger partial charge in [0.15, 0.2) is 11.5 Å². The maximum atomic E-state index is 10.6. The van der Waals surface area contributed by atoms with Crippen LogP contribution in [-0.2, 0) is 6.54 Å². The van der Waals surface area contributed by atoms with Crippen LogP contribution in [0.2, 0.25) is 0 Å². The van der Waals surface area contributed by atoms with Gasteiger partial charge in [0.05, 0.1) is 6.54 Å². The van der Waals surface area contributed by atoms with Crippen LogP contribution in [0.25, 0.3) is 0 Å². The predicted octanol–water partition coefficient (Wildman–Crippen LogP) is 1.76. The third kappa shape index (κ3) is 2.68. The molecular weight excluding hydrogens is 236 g/mol. The number of nitrogens with one attached hydrogen (secondary N) is 1. The zero-order chi connectivity index (χ0) is 13.1. The number of hydrogen-bond donors (Lipinski definition) is 2. The molecular formula is C11H14N4O3. The van der Waals surface area contributed by atoms with Crippen LogP contribution in [0, 0.1) is 0 Å². The summed E-state index contributed by atoms with van der Waals surface area (Å²) in [4.78, 5) is 10.6. The van der Waals surface area contributed by atoms with Gasteiger partial charge in [0, 0.05) is 24.4 Å². The van der Waals surface area contributed by atoms with Crippen molar-refractivity contribution in [2.24, 2.45) is 0 Å². The van der Waals surface area contributed by atoms with Gasteiger partial charge in [-0.2, -0.15) is 5.10 Å². The van der Waals surface area contributed by atoms with E-state index in [1.165, 1.54) is 6.07 Å². The fourth-order valence-corrected chi connectivity index (χ4v) is 1.39. The summed E-state index contributed by atoms with van der Waals surface area (Å²) >= 11 is 0. The molecule has 2 N–H and O–H groups in total. The van der Waals surface area contributed by atoms with Crippen LogP contribution >= 0.6 is 0 Å². The Labute approximate surface area is 103 Å². The highest BCUT2D eigenvalue weighted by Gasteiger charge is 2.10. The zero-order valence-corrected chi connectivity index (χ0v) is 10.1. The second-order valence-electron chi connectivity index (χ2n) is 4.11. The van der Waals surface area contributed by atoms with Crippen molar-refractivity contribution >= 4 is 11.8 Å². The van der Waals surface area contributed by atoms with E-state index in [1.807, 2.05) is 30.8 Å². The third-order valence-electron chi connectivity index (χ3n) is 2.36. The molecule has 0 spiro atoms. The van der Waals surface area contributed by atoms with Gasteiger partial charge in [0.1, 0.15) is 5.82 Å². The summed E-state index contributed by atoms with van der Waals surface area (Å²) in [5.41, 5.74) is -0.0977. The van der Waals surface area contributed by atoms with E-state index in [9.17, 15) is 4.79 Å². The van der Waals surface area contributed by atoms with Crippen LogP contribution in [-0.4, -0.2) is 26.0 Å². The molecule has 96 valence electrons. The molecule has 2 rings (SSSR count). The lowest BCUT2D eigenvalue weighted by atomic mass is 10.3. The lowest BCUT2D eigenvalue weighted by Crippen LogP contribution is -2.03. The average Bonchev–Trinajstić information content (AvgIpc) is 2.95. The second kappa shape index (κ2) is 4.91. The highest BCUT2D eigenvalue weighted by molar-refractivity contribution is 5.85. The van der Waals surface area contributed by atoms with Crippen LogP contribution < -0.4 is 5.32 Å². The first-order chi connectivity index (χ1) is 8.56. The molecule has 18 heavy (non-hydrogen) atoms. The number of aromatic carboxylic acids is 1. The van der Waals surface area contributed by atoms with Crippen molar-refractivity contribution in [3.63, 3.8) is 0 Å². The SMILES string of the molecule is CC(C)n1ccc(NCc2cc(C(=O)O)no2)n1. The van der Waals surface area contributed by atoms with E-state index < -0.39 is 5.97 Å². The minimum Gasteiger partial charge on any atom is -0.476 e. The molecule has 0 saturated carbocycles. The monoisotopic (exact) mass is 250 g/mol. The summed E-state index contributed by atoms with van der Waals surface area (Å²) in [5.74, 6) is 0.0533. The average molecular weight is 250 g/mol. The van der Waals surface area contributed by atoms with Crippen molar-refractivity contribution in [2.75, 3.05) is 5.32 Å². The molecule has 7 nitrogen and oxygen atoms in total. The fraction of sp³-hybridized carbons (Fsp3) is 0.364. The molecule has 2 heterocycles. The highest BCUT2D eigenvalue weighted by atomic mass is 16.5. The van der Waals surface area contributed by atoms with E-state index in [1.54, 1.807) is 0 Å². The zero-order valence-electron chi connectivity index (χ0n) is 10.1. The minimum atomic E-state index is -1.10. The van der Waals surface area contributed by atoms with Gasteiger partial charge in [0.2, 0.25) is 0 Å². The van der Waals surface area contributed by atoms with Gasteiger partial charge in [-0.15, -0.1) is 0 Å². The van der Waals surface area contributed by atoms with Crippen LogP contribution in [0.4, 0.5) is 5.82 Å². The number of carboxylic acid groups (broad SMARTS) is 1. The molecule has 0 radical (unpaired) electrons. The number of aromatic nitrogens is 3. The van der Waals surface area contributed by atoms with Crippen molar-refractivity contribution in [1.29, 1.82) is 0 Å². The molecule has 2 aromatic heterocycles. The summed E-state index contributed by atoms with van der Waals surface area (Å²) in [6.07, 6.45) is 1.87. The smallest absolute Gasteiger partial charge is 0.358 e. The fourth-order valence-electron chi connectivity index (χ4n) is 1.39. The van der Waals surface area contributed by atoms with Crippen molar-refractivity contribution in [1.82, 2.24) is 14.9 Å². The van der Waals surface area contributed by atoms with E-state index in [-0.39, 0.29) is 5.69 Å². The van der Waals surface area contributed by atoms with Gasteiger partial charge in [0.25, 0.3) is 0 Å². The molecule has 0 aliphatic carbocycles. The molecule has 2 aromatic rings. The van der Waals surface area contributed by atoms with Crippen LogP contribution in [0.1, 0.15) is 36.1 Å². The summed E-state index contributed by atoms with van der Waals surface area (Å²) in [6, 6.07) is 3.52. The minimum absolute atomic E-state index is 0.0977. The van der Waals surface area contributed by atoms with E-state index in [4.69, 9.17) is 9.63 Å². The molecule has 0 saturated heterocycles. The van der Waals surface area contributed by atoms with Gasteiger partial charge >= 0.3 is 5.97 Å². The molecule has 0 aromatic carbocycles. The molecule has 0 aliphatic heterocycles. The molecule has 7 heteroatoms. The summed E-state index contributed by atoms with van der Waals surface area (Å²) < 4.78 is 6.70. The van der Waals surface area contributed by atoms with Crippen LogP contribution in [0.3, 0.4) is 0 Å². The van der Waals surface area contributed by atoms with Crippen LogP contribution in [0.5, 0.6) is 0 Å². The molecule has 0 aliphatic rings. The topological polar surface area (TPSA) is 93.2 Å². The Kier molecular flexibility index (Phi) is 3.31. The quantitative estimate of drug-likeness (QED) is 0.839. The van der Waals surface area contributed by atoms with E-state index >= 15 is 0 Å². The molecule has 0 bridgehead atoms. The summed E-state index contributed by atoms with van der Waals surface area (Å²) in [6.45, 7) is 4.41. The van der Waals surface area contributed by atoms with Crippen LogP contribution in [0.15, 0.2) is 22.9 Å². The van der Waals surface area contributed by atoms with Gasteiger partial charge in [-0.25, -0.2) is 4.79 Å². The van der Waals surface area contributed by atoms with E-state index in [0.717, 1.165) is 0 Å². The maximum Gasteiger partial charge on any atom is 0.358 e. The largest absolute Gasteiger partial charge is 0.476 e. The first-order valence-electron chi connectivity index (χ1n) is 5.54. The summed E-state index contributed by atoms with van der Waals surface area (Å²) in [5, 5.41) is 19.4. The Hall–Kier alpha value is -2.31. The number of rotatable bonds is 5. The van der Waals surface area contributed by atoms with Crippen molar-refractivity contribution in [2.45, 2.75) is 26.4 Å². The lowest BCUT2D eigenvalue weighted by Gasteiger charge is -2.04. The Morgan fingerprint density at radius 1 is 1.61 bits per heavy atom. The van der Waals surface area contributed by atoms with Crippen molar-refractivity contribution < 1.29 is 14.4 Å². The first kappa shape index (κ1) is 12.2. The number of carboxylic acids is 1. The molecule has 0 unspecified atom stereocenters. The first-order valence-corrected chi connectivity index (χ1v) is 5.54. The highest BCUT2D eigenvalue weighted by Crippen LogP contribution is 2.10. The van der Waals surface area contributed by atoms with Gasteiger partial charge < -0.3 is 14.9 Å². The maximum absolute atomic E-state index is 10.6. The Bertz CT molecular complexity index is 544. The lowest BCUT2D eigenvalue weighted by molar-refractivity contribution is 0.0685. The van der Waals surface area contributed by atoms with Gasteiger partial charge in [-0.3, -0.25) is 4.68 Å². The summed E-state index contributed by atoms with van der Waals surface area (Å²) in [7, 11) is 0. The van der Waals surface area contributed by atoms with E-state index in [0.29, 0.717) is 24.2 Å². The normalized spacial score (nSPS) is 10.8. The Morgan fingerprint density at radius 3 is 2.94 bits per heavy atom. The molecule has 0 fully saturated rings. The molecule has 0 amide bonds.